The molecule has 1 aromatic heterocycles. The molecule has 8 nitrogen and oxygen atoms in total. The summed E-state index contributed by atoms with van der Waals surface area (Å²) >= 11 is 6.17. The van der Waals surface area contributed by atoms with E-state index in [-0.39, 0.29) is 23.5 Å². The molecule has 10 heteroatoms. The third kappa shape index (κ3) is 9.67. The van der Waals surface area contributed by atoms with Gasteiger partial charge in [-0.15, -0.1) is 0 Å². The molecule has 39 heavy (non-hydrogen) atoms. The van der Waals surface area contributed by atoms with Gasteiger partial charge in [0, 0.05) is 19.7 Å². The summed E-state index contributed by atoms with van der Waals surface area (Å²) in [5.74, 6) is -1.05. The van der Waals surface area contributed by atoms with Gasteiger partial charge in [-0.1, -0.05) is 57.5 Å². The van der Waals surface area contributed by atoms with Gasteiger partial charge < -0.3 is 19.6 Å². The van der Waals surface area contributed by atoms with Gasteiger partial charge in [-0.05, 0) is 66.4 Å². The fraction of sp³-hybridized carbons (Fsp3) is 0.483. The summed E-state index contributed by atoms with van der Waals surface area (Å²) in [7, 11) is 1.31. The zero-order chi connectivity index (χ0) is 29.4. The molecular weight excluding hydrogens is 534 g/mol. The molecule has 1 heterocycles. The number of nitrogens with one attached hydrogen (secondary N) is 1. The van der Waals surface area contributed by atoms with Crippen LogP contribution in [0, 0.1) is 5.92 Å². The molecule has 2 rings (SSSR count). The van der Waals surface area contributed by atoms with Gasteiger partial charge in [-0.25, -0.2) is 4.79 Å². The molecule has 2 N–H and O–H groups in total. The van der Waals surface area contributed by atoms with Crippen LogP contribution in [0.1, 0.15) is 45.4 Å². The maximum Gasteiger partial charge on any atom is 0.326 e. The van der Waals surface area contributed by atoms with Crippen LogP contribution in [-0.2, 0) is 27.5 Å². The topological polar surface area (TPSA) is 103 Å². The number of aromatic nitrogens is 2. The van der Waals surface area contributed by atoms with Crippen molar-refractivity contribution in [3.8, 4) is 5.75 Å². The van der Waals surface area contributed by atoms with Crippen molar-refractivity contribution in [3.05, 3.63) is 65.0 Å². The van der Waals surface area contributed by atoms with E-state index < -0.39 is 26.2 Å². The maximum absolute atomic E-state index is 12.7. The molecule has 0 saturated heterocycles. The number of carbonyl (C=O) groups excluding carboxylic acids is 1. The first kappa shape index (κ1) is 32.3. The fourth-order valence-electron chi connectivity index (χ4n) is 3.65. The fourth-order valence-corrected chi connectivity index (χ4v) is 5.35. The Morgan fingerprint density at radius 3 is 2.49 bits per heavy atom. The minimum atomic E-state index is -2.09. The first-order chi connectivity index (χ1) is 18.1. The number of ether oxygens (including phenoxy) is 1. The lowest BCUT2D eigenvalue weighted by molar-refractivity contribution is -0.141. The Hall–Kier alpha value is -2.88. The smallest absolute Gasteiger partial charge is 0.326 e. The monoisotopic (exact) mass is 575 g/mol. The molecule has 214 valence electrons. The number of hydrogen-bond donors (Lipinski definition) is 2. The number of halogens is 1. The van der Waals surface area contributed by atoms with Gasteiger partial charge in [0.2, 0.25) is 5.91 Å². The summed E-state index contributed by atoms with van der Waals surface area (Å²) in [6.45, 7) is 13.1. The Kier molecular flexibility index (Phi) is 11.6. The Labute approximate surface area is 238 Å². The van der Waals surface area contributed by atoms with Crippen molar-refractivity contribution in [2.24, 2.45) is 13.0 Å². The van der Waals surface area contributed by atoms with Crippen LogP contribution >= 0.6 is 11.6 Å². The van der Waals surface area contributed by atoms with Crippen LogP contribution in [0.4, 0.5) is 0 Å². The Bertz CT molecular complexity index is 1190. The third-order valence-electron chi connectivity index (χ3n) is 7.18. The second-order valence-electron chi connectivity index (χ2n) is 11.2. The summed E-state index contributed by atoms with van der Waals surface area (Å²) in [4.78, 5) is 24.5. The van der Waals surface area contributed by atoms with E-state index in [4.69, 9.17) is 20.8 Å². The number of benzene rings is 1. The summed E-state index contributed by atoms with van der Waals surface area (Å²) in [5, 5.41) is 16.9. The van der Waals surface area contributed by atoms with Crippen LogP contribution in [-0.4, -0.2) is 54.3 Å². The van der Waals surface area contributed by atoms with Gasteiger partial charge in [0.15, 0.2) is 8.32 Å². The average Bonchev–Trinajstić information content (AvgIpc) is 3.25. The van der Waals surface area contributed by atoms with Crippen molar-refractivity contribution < 1.29 is 23.9 Å². The lowest BCUT2D eigenvalue weighted by Gasteiger charge is -2.40. The summed E-state index contributed by atoms with van der Waals surface area (Å²) < 4.78 is 13.7. The molecule has 0 bridgehead atoms. The van der Waals surface area contributed by atoms with Crippen LogP contribution in [0.25, 0.3) is 6.08 Å². The van der Waals surface area contributed by atoms with Crippen molar-refractivity contribution >= 4 is 37.9 Å². The van der Waals surface area contributed by atoms with E-state index in [1.54, 1.807) is 35.2 Å². The lowest BCUT2D eigenvalue weighted by atomic mass is 10.0. The van der Waals surface area contributed by atoms with Crippen molar-refractivity contribution in [2.45, 2.75) is 70.8 Å². The van der Waals surface area contributed by atoms with Crippen molar-refractivity contribution in [2.75, 3.05) is 7.11 Å². The number of aliphatic carboxylic acids is 1. The molecule has 0 saturated carbocycles. The Morgan fingerprint density at radius 2 is 1.95 bits per heavy atom. The van der Waals surface area contributed by atoms with Crippen LogP contribution in [0.2, 0.25) is 23.2 Å². The molecule has 0 aliphatic carbocycles. The minimum Gasteiger partial charge on any atom is -0.495 e. The van der Waals surface area contributed by atoms with Gasteiger partial charge in [0.05, 0.1) is 23.9 Å². The molecule has 2 aromatic rings. The molecule has 3 atom stereocenters. The quantitative estimate of drug-likeness (QED) is 0.228. The highest BCUT2D eigenvalue weighted by molar-refractivity contribution is 6.74. The van der Waals surface area contributed by atoms with Crippen LogP contribution < -0.4 is 10.1 Å². The zero-order valence-corrected chi connectivity index (χ0v) is 26.0. The third-order valence-corrected chi connectivity index (χ3v) is 12.0. The number of carbonyl (C=O) groups is 2. The number of rotatable bonds is 13. The predicted octanol–water partition coefficient (Wildman–Crippen LogP) is 5.88. The molecule has 1 aromatic carbocycles. The highest BCUT2D eigenvalue weighted by atomic mass is 35.5. The summed E-state index contributed by atoms with van der Waals surface area (Å²) in [6.07, 6.45) is 9.46. The van der Waals surface area contributed by atoms with Crippen LogP contribution in [0.3, 0.4) is 0 Å². The Balaban J connectivity index is 2.12. The van der Waals surface area contributed by atoms with Gasteiger partial charge in [-0.3, -0.25) is 9.48 Å². The minimum absolute atomic E-state index is 0.0247. The standard InChI is InChI=1S/C29H42ClN3O5Si/c1-20(12-14-22-16-17-31-33(22)5)25(38-39(7,8)29(2,3)4)10-9-11-27(34)32-24(28(35)36)19-21-13-15-26(37-6)23(30)18-21/h9,11-18,20,24-25H,10,19H2,1-8H3,(H,32,34)(H,35,36)/b11-9+,14-12+/t20-,24?,25+/m1/s1. The van der Waals surface area contributed by atoms with Crippen molar-refractivity contribution in [3.63, 3.8) is 0 Å². The number of amides is 1. The Morgan fingerprint density at radius 1 is 1.26 bits per heavy atom. The van der Waals surface area contributed by atoms with E-state index in [1.807, 2.05) is 19.2 Å². The SMILES string of the molecule is COc1ccc(CC(NC(=O)/C=C/C[C@H](O[Si](C)(C)C(C)(C)C)[C@H](C)/C=C/c2ccnn2C)C(=O)O)cc1Cl. The molecule has 1 amide bonds. The number of nitrogens with zero attached hydrogens (tertiary/aromatic N) is 2. The first-order valence-electron chi connectivity index (χ1n) is 13.0. The largest absolute Gasteiger partial charge is 0.495 e. The molecule has 1 unspecified atom stereocenters. The molecule has 0 radical (unpaired) electrons. The molecular formula is C29H42ClN3O5Si. The van der Waals surface area contributed by atoms with Gasteiger partial charge in [0.25, 0.3) is 0 Å². The van der Waals surface area contributed by atoms with E-state index in [1.165, 1.54) is 13.2 Å². The first-order valence-corrected chi connectivity index (χ1v) is 16.3. The highest BCUT2D eigenvalue weighted by Gasteiger charge is 2.39. The number of carboxylic acids is 1. The van der Waals surface area contributed by atoms with Gasteiger partial charge in [-0.2, -0.15) is 5.10 Å². The second-order valence-corrected chi connectivity index (χ2v) is 16.4. The number of methoxy groups -OCH3 is 1. The predicted molar refractivity (Wildman–Crippen MR) is 159 cm³/mol. The number of carboxylic acid groups (broad SMARTS) is 1. The maximum atomic E-state index is 12.7. The zero-order valence-electron chi connectivity index (χ0n) is 24.2. The second kappa shape index (κ2) is 14.0. The van der Waals surface area contributed by atoms with Crippen LogP contribution in [0.5, 0.6) is 5.75 Å². The normalized spacial score (nSPS) is 14.9. The van der Waals surface area contributed by atoms with Gasteiger partial charge >= 0.3 is 5.97 Å². The highest BCUT2D eigenvalue weighted by Crippen LogP contribution is 2.38. The molecule has 0 fully saturated rings. The number of hydrogen-bond acceptors (Lipinski definition) is 5. The molecule has 0 aliphatic rings. The summed E-state index contributed by atoms with van der Waals surface area (Å²) in [5.41, 5.74) is 1.66. The van der Waals surface area contributed by atoms with Crippen molar-refractivity contribution in [1.29, 1.82) is 0 Å². The van der Waals surface area contributed by atoms with Crippen LogP contribution in [0.15, 0.2) is 48.7 Å². The summed E-state index contributed by atoms with van der Waals surface area (Å²) in [6, 6.07) is 5.88. The van der Waals surface area contributed by atoms with E-state index in [0.29, 0.717) is 22.8 Å². The molecule has 0 aliphatic heterocycles. The molecule has 0 spiro atoms. The van der Waals surface area contributed by atoms with E-state index in [2.05, 4.69) is 57.3 Å². The van der Waals surface area contributed by atoms with E-state index >= 15 is 0 Å². The average molecular weight is 576 g/mol. The lowest BCUT2D eigenvalue weighted by Crippen LogP contribution is -2.45. The number of aryl methyl sites for hydroxylation is 1. The van der Waals surface area contributed by atoms with Gasteiger partial charge in [0.1, 0.15) is 11.8 Å². The van der Waals surface area contributed by atoms with E-state index in [0.717, 1.165) is 5.69 Å². The van der Waals surface area contributed by atoms with Crippen molar-refractivity contribution in [1.82, 2.24) is 15.1 Å². The van der Waals surface area contributed by atoms with E-state index in [9.17, 15) is 14.7 Å².